The van der Waals surface area contributed by atoms with E-state index in [4.69, 9.17) is 16.3 Å². The molecular formula is C20H26N6O3. The highest BCUT2D eigenvalue weighted by Crippen LogP contribution is 2.47. The number of rotatable bonds is 9. The van der Waals surface area contributed by atoms with Gasteiger partial charge < -0.3 is 26.6 Å². The number of benzene rings is 1. The predicted octanol–water partition coefficient (Wildman–Crippen LogP) is 0.288. The zero-order chi connectivity index (χ0) is 20.8. The van der Waals surface area contributed by atoms with Gasteiger partial charge in [-0.15, -0.1) is 0 Å². The van der Waals surface area contributed by atoms with Crippen LogP contribution in [0.3, 0.4) is 0 Å². The highest BCUT2D eigenvalue weighted by molar-refractivity contribution is 5.78. The standard InChI is InChI=1S/C20H26N6O3/c1-12-16(11-17(27)23-7-8-29-26-20(21)22)25-18(19(28)24-12)15-10-14(15)9-13-5-3-2-4-6-13/h2-6,14-15H,7-11H2,1H3,(H,23,27)(H,24,28)(H4,21,22,26). The van der Waals surface area contributed by atoms with Gasteiger partial charge in [0, 0.05) is 11.6 Å². The maximum Gasteiger partial charge on any atom is 0.270 e. The van der Waals surface area contributed by atoms with Crippen molar-refractivity contribution >= 4 is 11.9 Å². The van der Waals surface area contributed by atoms with Gasteiger partial charge in [0.15, 0.2) is 0 Å². The second kappa shape index (κ2) is 9.22. The molecule has 9 heteroatoms. The molecule has 1 aliphatic carbocycles. The van der Waals surface area contributed by atoms with E-state index in [1.807, 2.05) is 18.2 Å². The van der Waals surface area contributed by atoms with Crippen LogP contribution in [0, 0.1) is 12.8 Å². The van der Waals surface area contributed by atoms with E-state index in [0.29, 0.717) is 23.0 Å². The fourth-order valence-electron chi connectivity index (χ4n) is 3.31. The Morgan fingerprint density at radius 3 is 2.83 bits per heavy atom. The molecule has 0 aliphatic heterocycles. The van der Waals surface area contributed by atoms with E-state index in [1.165, 1.54) is 5.56 Å². The monoisotopic (exact) mass is 398 g/mol. The normalized spacial score (nSPS) is 17.4. The number of oxime groups is 1. The molecule has 3 rings (SSSR count). The number of nitrogens with two attached hydrogens (primary N) is 2. The van der Waals surface area contributed by atoms with E-state index >= 15 is 0 Å². The third-order valence-corrected chi connectivity index (χ3v) is 4.85. The SMILES string of the molecule is Cc1[nH]c(=O)c(C2CC2Cc2ccccc2)nc1CC(=O)NCCON=C(N)N. The zero-order valence-electron chi connectivity index (χ0n) is 16.4. The maximum atomic E-state index is 12.4. The molecule has 2 unspecified atom stereocenters. The van der Waals surface area contributed by atoms with Crippen LogP contribution in [0.4, 0.5) is 0 Å². The van der Waals surface area contributed by atoms with Crippen molar-refractivity contribution in [2.75, 3.05) is 13.2 Å². The number of aromatic amines is 1. The minimum absolute atomic E-state index is 0.0774. The fraction of sp³-hybridized carbons (Fsp3) is 0.400. The van der Waals surface area contributed by atoms with Gasteiger partial charge in [-0.05, 0) is 36.4 Å². The van der Waals surface area contributed by atoms with Gasteiger partial charge in [0.05, 0.1) is 18.7 Å². The average molecular weight is 398 g/mol. The van der Waals surface area contributed by atoms with Crippen molar-refractivity contribution in [1.29, 1.82) is 0 Å². The summed E-state index contributed by atoms with van der Waals surface area (Å²) < 4.78 is 0. The van der Waals surface area contributed by atoms with Crippen LogP contribution in [-0.2, 0) is 22.5 Å². The predicted molar refractivity (Wildman–Crippen MR) is 109 cm³/mol. The van der Waals surface area contributed by atoms with Crippen LogP contribution < -0.4 is 22.3 Å². The smallest absolute Gasteiger partial charge is 0.270 e. The molecule has 0 radical (unpaired) electrons. The Hall–Kier alpha value is -3.36. The summed E-state index contributed by atoms with van der Waals surface area (Å²) in [5.41, 5.74) is 13.1. The van der Waals surface area contributed by atoms with Gasteiger partial charge >= 0.3 is 0 Å². The first kappa shape index (κ1) is 20.4. The maximum absolute atomic E-state index is 12.4. The van der Waals surface area contributed by atoms with E-state index in [9.17, 15) is 9.59 Å². The molecule has 154 valence electrons. The number of aryl methyl sites for hydroxylation is 1. The number of nitrogens with one attached hydrogen (secondary N) is 2. The van der Waals surface area contributed by atoms with Crippen molar-refractivity contribution in [3.63, 3.8) is 0 Å². The summed E-state index contributed by atoms with van der Waals surface area (Å²) >= 11 is 0. The molecule has 1 aliphatic rings. The van der Waals surface area contributed by atoms with Crippen LogP contribution in [0.25, 0.3) is 0 Å². The van der Waals surface area contributed by atoms with E-state index in [1.54, 1.807) is 6.92 Å². The average Bonchev–Trinajstić information content (AvgIpc) is 3.43. The minimum atomic E-state index is -0.219. The Morgan fingerprint density at radius 2 is 2.10 bits per heavy atom. The largest absolute Gasteiger partial charge is 0.391 e. The first-order valence-corrected chi connectivity index (χ1v) is 9.55. The third kappa shape index (κ3) is 5.81. The van der Waals surface area contributed by atoms with Crippen molar-refractivity contribution < 1.29 is 9.63 Å². The molecule has 6 N–H and O–H groups in total. The quantitative estimate of drug-likeness (QED) is 0.206. The summed E-state index contributed by atoms with van der Waals surface area (Å²) in [6, 6.07) is 10.2. The lowest BCUT2D eigenvalue weighted by atomic mass is 10.1. The molecule has 1 fully saturated rings. The summed E-state index contributed by atoms with van der Waals surface area (Å²) in [5, 5.41) is 6.08. The molecule has 0 saturated heterocycles. The molecule has 0 spiro atoms. The summed E-state index contributed by atoms with van der Waals surface area (Å²) in [5.74, 6) is 0.142. The molecule has 1 amide bonds. The van der Waals surface area contributed by atoms with Gasteiger partial charge in [-0.25, -0.2) is 4.98 Å². The minimum Gasteiger partial charge on any atom is -0.391 e. The number of H-pyrrole nitrogens is 1. The number of carbonyl (C=O) groups is 1. The van der Waals surface area contributed by atoms with Crippen LogP contribution in [0.1, 0.15) is 35.0 Å². The van der Waals surface area contributed by atoms with Gasteiger partial charge in [0.1, 0.15) is 12.3 Å². The van der Waals surface area contributed by atoms with Gasteiger partial charge in [0.25, 0.3) is 5.56 Å². The van der Waals surface area contributed by atoms with Crippen LogP contribution in [0.2, 0.25) is 0 Å². The first-order valence-electron chi connectivity index (χ1n) is 9.55. The number of guanidine groups is 1. The van der Waals surface area contributed by atoms with Crippen molar-refractivity contribution in [3.05, 3.63) is 63.3 Å². The second-order valence-corrected chi connectivity index (χ2v) is 7.19. The Balaban J connectivity index is 1.57. The summed E-state index contributed by atoms with van der Waals surface area (Å²) in [6.07, 6.45) is 1.93. The summed E-state index contributed by atoms with van der Waals surface area (Å²) in [7, 11) is 0. The van der Waals surface area contributed by atoms with Crippen molar-refractivity contribution in [2.45, 2.75) is 32.1 Å². The molecule has 1 saturated carbocycles. The Kier molecular flexibility index (Phi) is 6.48. The van der Waals surface area contributed by atoms with Crippen molar-refractivity contribution in [2.24, 2.45) is 22.5 Å². The lowest BCUT2D eigenvalue weighted by molar-refractivity contribution is -0.120. The number of aromatic nitrogens is 2. The number of amides is 1. The Bertz CT molecular complexity index is 937. The third-order valence-electron chi connectivity index (χ3n) is 4.85. The number of carbonyl (C=O) groups excluding carboxylic acids is 1. The highest BCUT2D eigenvalue weighted by Gasteiger charge is 2.41. The van der Waals surface area contributed by atoms with Gasteiger partial charge in [-0.1, -0.05) is 30.3 Å². The van der Waals surface area contributed by atoms with Crippen LogP contribution in [-0.4, -0.2) is 35.0 Å². The lowest BCUT2D eigenvalue weighted by Crippen LogP contribution is -2.30. The molecule has 2 aromatic rings. The van der Waals surface area contributed by atoms with Crippen LogP contribution >= 0.6 is 0 Å². The molecule has 0 bridgehead atoms. The molecule has 1 heterocycles. The summed E-state index contributed by atoms with van der Waals surface area (Å²) in [4.78, 5) is 36.7. The number of hydrogen-bond donors (Lipinski definition) is 4. The van der Waals surface area contributed by atoms with E-state index in [2.05, 4.69) is 32.6 Å². The fourth-order valence-corrected chi connectivity index (χ4v) is 3.31. The highest BCUT2D eigenvalue weighted by atomic mass is 16.6. The zero-order valence-corrected chi connectivity index (χ0v) is 16.4. The van der Waals surface area contributed by atoms with E-state index in [-0.39, 0.29) is 42.9 Å². The second-order valence-electron chi connectivity index (χ2n) is 7.19. The summed E-state index contributed by atoms with van der Waals surface area (Å²) in [6.45, 7) is 2.15. The van der Waals surface area contributed by atoms with E-state index < -0.39 is 0 Å². The number of hydrogen-bond acceptors (Lipinski definition) is 5. The molecule has 9 nitrogen and oxygen atoms in total. The molecule has 2 atom stereocenters. The first-order chi connectivity index (χ1) is 13.9. The number of nitrogens with zero attached hydrogens (tertiary/aromatic N) is 2. The van der Waals surface area contributed by atoms with Gasteiger partial charge in [0.2, 0.25) is 11.9 Å². The topological polar surface area (TPSA) is 148 Å². The van der Waals surface area contributed by atoms with Gasteiger partial charge in [-0.2, -0.15) is 0 Å². The Labute approximate surface area is 168 Å². The van der Waals surface area contributed by atoms with Gasteiger partial charge in [-0.3, -0.25) is 9.59 Å². The van der Waals surface area contributed by atoms with Crippen molar-refractivity contribution in [3.8, 4) is 0 Å². The molecule has 1 aromatic heterocycles. The van der Waals surface area contributed by atoms with Crippen molar-refractivity contribution in [1.82, 2.24) is 15.3 Å². The van der Waals surface area contributed by atoms with E-state index in [0.717, 1.165) is 12.8 Å². The molecule has 1 aromatic carbocycles. The van der Waals surface area contributed by atoms with Crippen LogP contribution in [0.5, 0.6) is 0 Å². The molecular weight excluding hydrogens is 372 g/mol. The Morgan fingerprint density at radius 1 is 1.34 bits per heavy atom. The van der Waals surface area contributed by atoms with Crippen LogP contribution in [0.15, 0.2) is 40.3 Å². The lowest BCUT2D eigenvalue weighted by Gasteiger charge is -2.08. The molecule has 29 heavy (non-hydrogen) atoms.